The van der Waals surface area contributed by atoms with Gasteiger partial charge in [-0.05, 0) is 25.0 Å². The molecule has 2 amide bonds. The van der Waals surface area contributed by atoms with Gasteiger partial charge in [0.1, 0.15) is 5.75 Å². The van der Waals surface area contributed by atoms with E-state index in [9.17, 15) is 18.4 Å². The minimum atomic E-state index is -2.94. The first-order chi connectivity index (χ1) is 11.4. The van der Waals surface area contributed by atoms with Crippen molar-refractivity contribution in [2.45, 2.75) is 32.3 Å². The van der Waals surface area contributed by atoms with Crippen LogP contribution >= 0.6 is 0 Å². The minimum Gasteiger partial charge on any atom is -0.434 e. The van der Waals surface area contributed by atoms with Gasteiger partial charge >= 0.3 is 6.61 Å². The van der Waals surface area contributed by atoms with E-state index in [-0.39, 0.29) is 12.3 Å². The van der Waals surface area contributed by atoms with Gasteiger partial charge in [-0.3, -0.25) is 9.59 Å². The lowest BCUT2D eigenvalue weighted by atomic mass is 9.85. The van der Waals surface area contributed by atoms with Crippen molar-refractivity contribution in [3.8, 4) is 5.75 Å². The molecule has 0 spiro atoms. The fourth-order valence-corrected chi connectivity index (χ4v) is 2.86. The summed E-state index contributed by atoms with van der Waals surface area (Å²) in [6.07, 6.45) is 5.75. The van der Waals surface area contributed by atoms with Crippen LogP contribution in [0.1, 0.15) is 31.2 Å². The second-order valence-electron chi connectivity index (χ2n) is 5.82. The van der Waals surface area contributed by atoms with Gasteiger partial charge in [0.2, 0.25) is 11.8 Å². The second-order valence-corrected chi connectivity index (χ2v) is 5.82. The molecule has 3 N–H and O–H groups in total. The molecule has 1 aliphatic rings. The first-order valence-corrected chi connectivity index (χ1v) is 7.73. The second kappa shape index (κ2) is 7.90. The highest BCUT2D eigenvalue weighted by Gasteiger charge is 2.39. The quantitative estimate of drug-likeness (QED) is 0.749. The molecular formula is C17H20F2N2O3. The fraction of sp³-hybridized carbons (Fsp3) is 0.412. The number of nitrogens with one attached hydrogen (secondary N) is 1. The van der Waals surface area contributed by atoms with Crippen molar-refractivity contribution < 1.29 is 23.1 Å². The molecule has 2 rings (SSSR count). The molecule has 1 fully saturated rings. The van der Waals surface area contributed by atoms with Crippen LogP contribution in [0, 0.1) is 5.41 Å². The predicted molar refractivity (Wildman–Crippen MR) is 85.2 cm³/mol. The number of carbonyl (C=O) groups is 2. The Morgan fingerprint density at radius 2 is 1.96 bits per heavy atom. The maximum atomic E-state index is 12.3. The van der Waals surface area contributed by atoms with E-state index in [1.807, 2.05) is 0 Å². The maximum Gasteiger partial charge on any atom is 0.387 e. The van der Waals surface area contributed by atoms with E-state index in [2.05, 4.69) is 10.1 Å². The van der Waals surface area contributed by atoms with Crippen molar-refractivity contribution >= 4 is 17.9 Å². The zero-order valence-electron chi connectivity index (χ0n) is 13.1. The average molecular weight is 338 g/mol. The van der Waals surface area contributed by atoms with Crippen LogP contribution in [0.3, 0.4) is 0 Å². The molecule has 0 atom stereocenters. The van der Waals surface area contributed by atoms with Crippen LogP contribution < -0.4 is 15.8 Å². The van der Waals surface area contributed by atoms with Gasteiger partial charge in [0.25, 0.3) is 0 Å². The molecule has 130 valence electrons. The van der Waals surface area contributed by atoms with Crippen LogP contribution in [0.25, 0.3) is 6.08 Å². The Balaban J connectivity index is 1.97. The zero-order valence-corrected chi connectivity index (χ0v) is 13.1. The maximum absolute atomic E-state index is 12.3. The summed E-state index contributed by atoms with van der Waals surface area (Å²) in [5.41, 5.74) is 5.13. The number of primary amides is 1. The van der Waals surface area contributed by atoms with Crippen molar-refractivity contribution in [3.05, 3.63) is 35.9 Å². The molecule has 7 heteroatoms. The fourth-order valence-electron chi connectivity index (χ4n) is 2.86. The summed E-state index contributed by atoms with van der Waals surface area (Å²) in [7, 11) is 0. The molecule has 5 nitrogen and oxygen atoms in total. The number of alkyl halides is 2. The lowest BCUT2D eigenvalue weighted by molar-refractivity contribution is -0.127. The molecule has 0 heterocycles. The van der Waals surface area contributed by atoms with Crippen molar-refractivity contribution in [1.82, 2.24) is 5.32 Å². The van der Waals surface area contributed by atoms with Crippen LogP contribution in [0.15, 0.2) is 30.3 Å². The first kappa shape index (κ1) is 17.9. The summed E-state index contributed by atoms with van der Waals surface area (Å²) in [6.45, 7) is -2.76. The summed E-state index contributed by atoms with van der Waals surface area (Å²) < 4.78 is 29.1. The summed E-state index contributed by atoms with van der Waals surface area (Å²) >= 11 is 0. The molecule has 0 bridgehead atoms. The smallest absolute Gasteiger partial charge is 0.387 e. The van der Waals surface area contributed by atoms with Crippen molar-refractivity contribution in [1.29, 1.82) is 0 Å². The van der Waals surface area contributed by atoms with Crippen LogP contribution in [0.2, 0.25) is 0 Å². The zero-order chi connectivity index (χ0) is 17.6. The lowest BCUT2D eigenvalue weighted by Gasteiger charge is -2.24. The normalized spacial score (nSPS) is 16.5. The van der Waals surface area contributed by atoms with E-state index < -0.39 is 23.8 Å². The highest BCUT2D eigenvalue weighted by atomic mass is 19.3. The predicted octanol–water partition coefficient (Wildman–Crippen LogP) is 2.46. The number of carbonyl (C=O) groups excluding carboxylic acids is 2. The first-order valence-electron chi connectivity index (χ1n) is 7.73. The number of amides is 2. The van der Waals surface area contributed by atoms with Gasteiger partial charge in [-0.15, -0.1) is 0 Å². The van der Waals surface area contributed by atoms with Gasteiger partial charge in [0.05, 0.1) is 5.41 Å². The van der Waals surface area contributed by atoms with E-state index in [1.54, 1.807) is 18.2 Å². The lowest BCUT2D eigenvalue weighted by Crippen LogP contribution is -2.44. The standard InChI is InChI=1S/C17H20F2N2O3/c18-16(19)24-13-6-2-1-5-12(13)7-8-14(22)21-11-17(15(20)23)9-3-4-10-17/h1-2,5-8,16H,3-4,9-11H2,(H2,20,23)(H,21,22)/b8-7-. The summed E-state index contributed by atoms with van der Waals surface area (Å²) in [6, 6.07) is 6.16. The molecular weight excluding hydrogens is 318 g/mol. The molecule has 0 aromatic heterocycles. The highest BCUT2D eigenvalue weighted by Crippen LogP contribution is 2.37. The van der Waals surface area contributed by atoms with Crippen LogP contribution in [0.4, 0.5) is 8.78 Å². The molecule has 1 saturated carbocycles. The third-order valence-corrected chi connectivity index (χ3v) is 4.23. The Hall–Kier alpha value is -2.44. The Bertz CT molecular complexity index is 626. The topological polar surface area (TPSA) is 81.4 Å². The minimum absolute atomic E-state index is 0.0130. The Labute approximate surface area is 138 Å². The Morgan fingerprint density at radius 3 is 2.58 bits per heavy atom. The van der Waals surface area contributed by atoms with E-state index >= 15 is 0 Å². The van der Waals surface area contributed by atoms with E-state index in [0.717, 1.165) is 12.8 Å². The number of ether oxygens (including phenoxy) is 1. The number of para-hydroxylation sites is 1. The average Bonchev–Trinajstić information content (AvgIpc) is 3.02. The molecule has 1 aromatic carbocycles. The van der Waals surface area contributed by atoms with Gasteiger partial charge in [-0.2, -0.15) is 8.78 Å². The van der Waals surface area contributed by atoms with Crippen molar-refractivity contribution in [2.75, 3.05) is 6.54 Å². The van der Waals surface area contributed by atoms with Gasteiger partial charge in [-0.25, -0.2) is 0 Å². The number of rotatable bonds is 7. The molecule has 24 heavy (non-hydrogen) atoms. The summed E-state index contributed by atoms with van der Waals surface area (Å²) in [4.78, 5) is 23.6. The Morgan fingerprint density at radius 1 is 1.29 bits per heavy atom. The van der Waals surface area contributed by atoms with Gasteiger partial charge < -0.3 is 15.8 Å². The monoisotopic (exact) mass is 338 g/mol. The van der Waals surface area contributed by atoms with Crippen molar-refractivity contribution in [3.63, 3.8) is 0 Å². The molecule has 0 radical (unpaired) electrons. The third kappa shape index (κ3) is 4.53. The number of halogens is 2. The molecule has 1 aliphatic carbocycles. The summed E-state index contributed by atoms with van der Waals surface area (Å²) in [5.74, 6) is -0.838. The molecule has 0 saturated heterocycles. The molecule has 0 aliphatic heterocycles. The SMILES string of the molecule is NC(=O)C1(CNC(=O)/C=C\c2ccccc2OC(F)F)CCCC1. The summed E-state index contributed by atoms with van der Waals surface area (Å²) in [5, 5.41) is 2.66. The number of hydrogen-bond acceptors (Lipinski definition) is 3. The number of hydrogen-bond donors (Lipinski definition) is 2. The highest BCUT2D eigenvalue weighted by molar-refractivity contribution is 5.92. The largest absolute Gasteiger partial charge is 0.434 e. The van der Waals surface area contributed by atoms with Gasteiger partial charge in [0.15, 0.2) is 0 Å². The van der Waals surface area contributed by atoms with Crippen LogP contribution in [0.5, 0.6) is 5.75 Å². The third-order valence-electron chi connectivity index (χ3n) is 4.23. The number of nitrogens with two attached hydrogens (primary N) is 1. The Kier molecular flexibility index (Phi) is 5.89. The molecule has 0 unspecified atom stereocenters. The van der Waals surface area contributed by atoms with Gasteiger partial charge in [0, 0.05) is 18.2 Å². The molecule has 1 aromatic rings. The van der Waals surface area contributed by atoms with Crippen LogP contribution in [-0.4, -0.2) is 25.0 Å². The van der Waals surface area contributed by atoms with E-state index in [0.29, 0.717) is 18.4 Å². The van der Waals surface area contributed by atoms with Crippen LogP contribution in [-0.2, 0) is 9.59 Å². The number of benzene rings is 1. The van der Waals surface area contributed by atoms with Gasteiger partial charge in [-0.1, -0.05) is 31.0 Å². The van der Waals surface area contributed by atoms with E-state index in [1.165, 1.54) is 18.2 Å². The van der Waals surface area contributed by atoms with Crippen molar-refractivity contribution in [2.24, 2.45) is 11.1 Å². The van der Waals surface area contributed by atoms with E-state index in [4.69, 9.17) is 5.73 Å².